The van der Waals surface area contributed by atoms with Crippen LogP contribution in [-0.2, 0) is 11.3 Å². The Kier molecular flexibility index (Phi) is 4.94. The molecule has 2 aromatic heterocycles. The number of hydrogen-bond donors (Lipinski definition) is 1. The standard InChI is InChI=1S/C23H20BrN5O2/c1-14-4-2-3-5-19(14)29-22-18(12-25-29)21(15-6-7-15)27-28(23(22)31)13-20(30)26-17-10-8-16(24)9-11-17/h2-5,8-12,15H,6-7,13H2,1H3,(H,26,30). The summed E-state index contributed by atoms with van der Waals surface area (Å²) in [6.45, 7) is 1.82. The summed E-state index contributed by atoms with van der Waals surface area (Å²) in [5, 5.41) is 12.7. The summed E-state index contributed by atoms with van der Waals surface area (Å²) in [5.74, 6) is -0.00150. The predicted molar refractivity (Wildman–Crippen MR) is 123 cm³/mol. The molecule has 1 aliphatic carbocycles. The second kappa shape index (κ2) is 7.77. The molecule has 0 saturated heterocycles. The summed E-state index contributed by atoms with van der Waals surface area (Å²) in [6.07, 6.45) is 3.78. The number of rotatable bonds is 5. The lowest BCUT2D eigenvalue weighted by Gasteiger charge is -2.11. The van der Waals surface area contributed by atoms with Gasteiger partial charge in [-0.2, -0.15) is 10.2 Å². The molecule has 1 amide bonds. The van der Waals surface area contributed by atoms with Gasteiger partial charge in [-0.3, -0.25) is 9.59 Å². The minimum absolute atomic E-state index is 0.163. The van der Waals surface area contributed by atoms with E-state index in [0.717, 1.165) is 39.6 Å². The average molecular weight is 478 g/mol. The van der Waals surface area contributed by atoms with Gasteiger partial charge in [0.05, 0.1) is 17.6 Å². The van der Waals surface area contributed by atoms with E-state index in [-0.39, 0.29) is 18.0 Å². The van der Waals surface area contributed by atoms with Crippen LogP contribution in [0.4, 0.5) is 5.69 Å². The van der Waals surface area contributed by atoms with E-state index >= 15 is 0 Å². The number of para-hydroxylation sites is 1. The lowest BCUT2D eigenvalue weighted by Crippen LogP contribution is -2.31. The van der Waals surface area contributed by atoms with Crippen molar-refractivity contribution in [1.29, 1.82) is 0 Å². The van der Waals surface area contributed by atoms with Gasteiger partial charge in [-0.15, -0.1) is 0 Å². The first-order chi connectivity index (χ1) is 15.0. The molecule has 4 aromatic rings. The normalized spacial score (nSPS) is 13.5. The fraction of sp³-hybridized carbons (Fsp3) is 0.217. The summed E-state index contributed by atoms with van der Waals surface area (Å²) in [5.41, 5.74) is 3.49. The summed E-state index contributed by atoms with van der Waals surface area (Å²) in [7, 11) is 0. The number of aromatic nitrogens is 4. The summed E-state index contributed by atoms with van der Waals surface area (Å²) in [4.78, 5) is 26.0. The van der Waals surface area contributed by atoms with Gasteiger partial charge in [0.1, 0.15) is 12.1 Å². The Morgan fingerprint density at radius 2 is 1.90 bits per heavy atom. The molecule has 156 valence electrons. The molecule has 0 atom stereocenters. The van der Waals surface area contributed by atoms with Crippen molar-refractivity contribution in [2.75, 3.05) is 5.32 Å². The Bertz CT molecular complexity index is 1350. The zero-order valence-corrected chi connectivity index (χ0v) is 18.5. The van der Waals surface area contributed by atoms with Gasteiger partial charge in [0.15, 0.2) is 0 Å². The number of hydrogen-bond acceptors (Lipinski definition) is 4. The number of amides is 1. The van der Waals surface area contributed by atoms with Crippen LogP contribution in [0.15, 0.2) is 64.0 Å². The Morgan fingerprint density at radius 1 is 1.16 bits per heavy atom. The zero-order chi connectivity index (χ0) is 21.5. The van der Waals surface area contributed by atoms with Crippen molar-refractivity contribution in [3.05, 3.63) is 80.8 Å². The third-order valence-electron chi connectivity index (χ3n) is 5.44. The minimum atomic E-state index is -0.328. The number of anilines is 1. The monoisotopic (exact) mass is 477 g/mol. The third-order valence-corrected chi connectivity index (χ3v) is 5.97. The number of carbonyl (C=O) groups is 1. The van der Waals surface area contributed by atoms with Gasteiger partial charge >= 0.3 is 0 Å². The molecule has 2 heterocycles. The highest BCUT2D eigenvalue weighted by atomic mass is 79.9. The number of nitrogens with one attached hydrogen (secondary N) is 1. The largest absolute Gasteiger partial charge is 0.324 e. The van der Waals surface area contributed by atoms with E-state index in [0.29, 0.717) is 17.1 Å². The average Bonchev–Trinajstić information content (AvgIpc) is 3.50. The van der Waals surface area contributed by atoms with Gasteiger partial charge in [0.25, 0.3) is 5.56 Å². The Balaban J connectivity index is 1.57. The van der Waals surface area contributed by atoms with E-state index in [4.69, 9.17) is 0 Å². The maximum absolute atomic E-state index is 13.4. The number of fused-ring (bicyclic) bond motifs is 1. The molecule has 5 rings (SSSR count). The van der Waals surface area contributed by atoms with E-state index in [1.54, 1.807) is 23.0 Å². The Hall–Kier alpha value is -3.26. The second-order valence-corrected chi connectivity index (χ2v) is 8.70. The number of aryl methyl sites for hydroxylation is 1. The van der Waals surface area contributed by atoms with Crippen molar-refractivity contribution >= 4 is 38.4 Å². The molecule has 31 heavy (non-hydrogen) atoms. The molecule has 7 nitrogen and oxygen atoms in total. The van der Waals surface area contributed by atoms with Crippen molar-refractivity contribution in [3.63, 3.8) is 0 Å². The molecule has 8 heteroatoms. The lowest BCUT2D eigenvalue weighted by molar-refractivity contribution is -0.117. The molecule has 0 bridgehead atoms. The number of carbonyl (C=O) groups excluding carboxylic acids is 1. The first kappa shape index (κ1) is 19.7. The van der Waals surface area contributed by atoms with Gasteiger partial charge in [-0.05, 0) is 55.7 Å². The molecule has 0 spiro atoms. The molecule has 1 N–H and O–H groups in total. The Morgan fingerprint density at radius 3 is 2.61 bits per heavy atom. The maximum Gasteiger partial charge on any atom is 0.293 e. The van der Waals surface area contributed by atoms with E-state index in [9.17, 15) is 9.59 Å². The minimum Gasteiger partial charge on any atom is -0.324 e. The van der Waals surface area contributed by atoms with Crippen LogP contribution in [0.5, 0.6) is 0 Å². The van der Waals surface area contributed by atoms with E-state index in [1.807, 2.05) is 43.3 Å². The SMILES string of the molecule is Cc1ccccc1-n1ncc2c(C3CC3)nn(CC(=O)Nc3ccc(Br)cc3)c(=O)c21. The smallest absolute Gasteiger partial charge is 0.293 e. The third kappa shape index (κ3) is 3.79. The summed E-state index contributed by atoms with van der Waals surface area (Å²) >= 11 is 3.38. The molecule has 0 radical (unpaired) electrons. The summed E-state index contributed by atoms with van der Waals surface area (Å²) in [6, 6.07) is 15.1. The molecule has 1 saturated carbocycles. The molecule has 1 aliphatic rings. The number of halogens is 1. The zero-order valence-electron chi connectivity index (χ0n) is 16.9. The number of nitrogens with zero attached hydrogens (tertiary/aromatic N) is 4. The second-order valence-electron chi connectivity index (χ2n) is 7.78. The van der Waals surface area contributed by atoms with Gasteiger partial charge in [-0.25, -0.2) is 9.36 Å². The van der Waals surface area contributed by atoms with Crippen LogP contribution in [0.25, 0.3) is 16.6 Å². The van der Waals surface area contributed by atoms with Crippen LogP contribution < -0.4 is 10.9 Å². The van der Waals surface area contributed by atoms with Gasteiger partial charge in [0.2, 0.25) is 5.91 Å². The van der Waals surface area contributed by atoms with E-state index in [2.05, 4.69) is 31.4 Å². The number of benzene rings is 2. The van der Waals surface area contributed by atoms with Crippen molar-refractivity contribution in [2.45, 2.75) is 32.2 Å². The fourth-order valence-corrected chi connectivity index (χ4v) is 3.98. The van der Waals surface area contributed by atoms with E-state index in [1.165, 1.54) is 4.68 Å². The molecule has 0 unspecified atom stereocenters. The van der Waals surface area contributed by atoms with Crippen LogP contribution >= 0.6 is 15.9 Å². The fourth-order valence-electron chi connectivity index (χ4n) is 3.71. The molecule has 2 aromatic carbocycles. The van der Waals surface area contributed by atoms with Crippen molar-refractivity contribution < 1.29 is 4.79 Å². The van der Waals surface area contributed by atoms with Crippen LogP contribution in [0.3, 0.4) is 0 Å². The molecular weight excluding hydrogens is 458 g/mol. The topological polar surface area (TPSA) is 81.8 Å². The van der Waals surface area contributed by atoms with Gasteiger partial charge in [0, 0.05) is 21.5 Å². The highest BCUT2D eigenvalue weighted by Crippen LogP contribution is 2.41. The highest BCUT2D eigenvalue weighted by Gasteiger charge is 2.30. The van der Waals surface area contributed by atoms with Crippen molar-refractivity contribution in [3.8, 4) is 5.69 Å². The highest BCUT2D eigenvalue weighted by molar-refractivity contribution is 9.10. The van der Waals surface area contributed by atoms with Crippen molar-refractivity contribution in [2.24, 2.45) is 0 Å². The van der Waals surface area contributed by atoms with Crippen LogP contribution in [0.1, 0.15) is 30.0 Å². The van der Waals surface area contributed by atoms with Gasteiger partial charge < -0.3 is 5.32 Å². The van der Waals surface area contributed by atoms with Gasteiger partial charge in [-0.1, -0.05) is 34.1 Å². The van der Waals surface area contributed by atoms with Crippen molar-refractivity contribution in [1.82, 2.24) is 19.6 Å². The predicted octanol–water partition coefficient (Wildman–Crippen LogP) is 4.17. The first-order valence-electron chi connectivity index (χ1n) is 10.1. The molecule has 1 fully saturated rings. The Labute approximate surface area is 186 Å². The van der Waals surface area contributed by atoms with Crippen LogP contribution in [0, 0.1) is 6.92 Å². The first-order valence-corrected chi connectivity index (χ1v) is 10.9. The molecule has 0 aliphatic heterocycles. The quantitative estimate of drug-likeness (QED) is 0.467. The summed E-state index contributed by atoms with van der Waals surface area (Å²) < 4.78 is 3.86. The maximum atomic E-state index is 13.4. The van der Waals surface area contributed by atoms with E-state index < -0.39 is 0 Å². The van der Waals surface area contributed by atoms with Crippen LogP contribution in [-0.4, -0.2) is 25.5 Å². The lowest BCUT2D eigenvalue weighted by atomic mass is 10.2. The molecular formula is C23H20BrN5O2. The van der Waals surface area contributed by atoms with Crippen LogP contribution in [0.2, 0.25) is 0 Å².